The Bertz CT molecular complexity index is 320. The van der Waals surface area contributed by atoms with Gasteiger partial charge in [0.15, 0.2) is 6.07 Å². The molecule has 68 valence electrons. The van der Waals surface area contributed by atoms with Crippen molar-refractivity contribution in [2.24, 2.45) is 0 Å². The molecule has 0 fully saturated rings. The topological polar surface area (TPSA) is 26.3 Å². The molecule has 0 saturated heterocycles. The second-order valence-corrected chi connectivity index (χ2v) is 2.59. The van der Waals surface area contributed by atoms with Crippen LogP contribution < -0.4 is 0 Å². The van der Waals surface area contributed by atoms with E-state index in [1.165, 1.54) is 0 Å². The molecule has 1 rings (SSSR count). The van der Waals surface area contributed by atoms with Crippen LogP contribution in [0.4, 0.5) is 0 Å². The van der Waals surface area contributed by atoms with E-state index in [0.29, 0.717) is 5.56 Å². The lowest BCUT2D eigenvalue weighted by Crippen LogP contribution is -2.03. The molecular weight excluding hydrogens is 188 g/mol. The fraction of sp³-hybridized carbons (Fsp3) is 0.100. The van der Waals surface area contributed by atoms with E-state index >= 15 is 0 Å². The van der Waals surface area contributed by atoms with Crippen LogP contribution in [-0.4, -0.2) is 12.0 Å². The number of carbonyl (C=O) groups is 1. The van der Waals surface area contributed by atoms with E-state index in [4.69, 9.17) is 11.6 Å². The lowest BCUT2D eigenvalue weighted by atomic mass is 10.1. The minimum absolute atomic E-state index is 0.128. The van der Waals surface area contributed by atoms with Crippen LogP contribution >= 0.6 is 11.6 Å². The molecule has 0 amide bonds. The number of halogens is 1. The van der Waals surface area contributed by atoms with Gasteiger partial charge in [-0.15, -0.1) is 0 Å². The molecule has 3 heteroatoms. The molecule has 2 nitrogen and oxygen atoms in total. The van der Waals surface area contributed by atoms with Crippen molar-refractivity contribution in [3.05, 3.63) is 42.0 Å². The molecule has 1 aromatic rings. The summed E-state index contributed by atoms with van der Waals surface area (Å²) in [5.41, 5.74) is 1.36. The van der Waals surface area contributed by atoms with Gasteiger partial charge in [0.1, 0.15) is 0 Å². The largest absolute Gasteiger partial charge is 0.446 e. The maximum atomic E-state index is 11.2. The van der Waals surface area contributed by atoms with Crippen LogP contribution in [0.2, 0.25) is 0 Å². The summed E-state index contributed by atoms with van der Waals surface area (Å²) in [6.45, 7) is 3.60. The highest BCUT2D eigenvalue weighted by Gasteiger charge is 2.05. The summed E-state index contributed by atoms with van der Waals surface area (Å²) < 4.78 is 4.62. The van der Waals surface area contributed by atoms with E-state index in [9.17, 15) is 4.79 Å². The Hall–Kier alpha value is -1.28. The van der Waals surface area contributed by atoms with Gasteiger partial charge in [-0.05, 0) is 17.7 Å². The predicted octanol–water partition coefficient (Wildman–Crippen LogP) is 2.68. The van der Waals surface area contributed by atoms with Gasteiger partial charge in [-0.3, -0.25) is 0 Å². The van der Waals surface area contributed by atoms with Crippen molar-refractivity contribution in [1.29, 1.82) is 0 Å². The van der Waals surface area contributed by atoms with E-state index in [0.717, 1.165) is 5.56 Å². The van der Waals surface area contributed by atoms with Gasteiger partial charge in [-0.2, -0.15) is 0 Å². The Kier molecular flexibility index (Phi) is 3.53. The molecule has 0 unspecified atom stereocenters. The molecule has 0 heterocycles. The summed E-state index contributed by atoms with van der Waals surface area (Å²) in [5, 5.41) is 0. The quantitative estimate of drug-likeness (QED) is 0.549. The number of benzene rings is 1. The molecule has 0 saturated carbocycles. The van der Waals surface area contributed by atoms with Crippen LogP contribution in [-0.2, 0) is 4.74 Å². The maximum absolute atomic E-state index is 11.2. The predicted molar refractivity (Wildman–Crippen MR) is 52.7 cm³/mol. The molecular formula is C10H9ClO2. The zero-order chi connectivity index (χ0) is 9.68. The molecule has 0 spiro atoms. The summed E-state index contributed by atoms with van der Waals surface area (Å²) in [4.78, 5) is 11.2. The maximum Gasteiger partial charge on any atom is 0.339 e. The second-order valence-electron chi connectivity index (χ2n) is 2.37. The molecule has 0 N–H and O–H groups in total. The molecule has 0 bridgehead atoms. The molecule has 13 heavy (non-hydrogen) atoms. The Morgan fingerprint density at radius 1 is 1.62 bits per heavy atom. The first kappa shape index (κ1) is 9.81. The molecule has 0 aromatic heterocycles. The molecule has 0 atom stereocenters. The first-order valence-corrected chi connectivity index (χ1v) is 4.27. The van der Waals surface area contributed by atoms with Crippen LogP contribution in [0.5, 0.6) is 0 Å². The lowest BCUT2D eigenvalue weighted by Gasteiger charge is -2.00. The van der Waals surface area contributed by atoms with E-state index in [2.05, 4.69) is 11.3 Å². The van der Waals surface area contributed by atoms with Gasteiger partial charge < -0.3 is 4.74 Å². The fourth-order valence-corrected chi connectivity index (χ4v) is 1.02. The highest BCUT2D eigenvalue weighted by atomic mass is 35.5. The minimum Gasteiger partial charge on any atom is -0.446 e. The van der Waals surface area contributed by atoms with Crippen molar-refractivity contribution >= 4 is 23.6 Å². The van der Waals surface area contributed by atoms with E-state index in [1.54, 1.807) is 24.3 Å². The zero-order valence-corrected chi connectivity index (χ0v) is 7.75. The van der Waals surface area contributed by atoms with Crippen molar-refractivity contribution in [1.82, 2.24) is 0 Å². The smallest absolute Gasteiger partial charge is 0.339 e. The number of hydrogen-bond donors (Lipinski definition) is 0. The highest BCUT2D eigenvalue weighted by Crippen LogP contribution is 2.07. The number of rotatable bonds is 3. The van der Waals surface area contributed by atoms with Crippen molar-refractivity contribution in [3.63, 3.8) is 0 Å². The SMILES string of the molecule is C=Cc1cccc(C(=O)OCCl)c1. The summed E-state index contributed by atoms with van der Waals surface area (Å²) in [7, 11) is 0. The van der Waals surface area contributed by atoms with Gasteiger partial charge in [0.05, 0.1) is 5.56 Å². The standard InChI is InChI=1S/C10H9ClO2/c1-2-8-4-3-5-9(6-8)10(12)13-7-11/h2-6H,1,7H2. The molecule has 0 aliphatic carbocycles. The minimum atomic E-state index is -0.418. The summed E-state index contributed by atoms with van der Waals surface area (Å²) in [6, 6.07) is 6.85. The lowest BCUT2D eigenvalue weighted by molar-refractivity contribution is 0.0574. The van der Waals surface area contributed by atoms with E-state index < -0.39 is 5.97 Å². The number of esters is 1. The van der Waals surface area contributed by atoms with Crippen molar-refractivity contribution in [2.45, 2.75) is 0 Å². The Morgan fingerprint density at radius 3 is 3.00 bits per heavy atom. The molecule has 1 aromatic carbocycles. The summed E-state index contributed by atoms with van der Waals surface area (Å²) in [6.07, 6.45) is 1.66. The van der Waals surface area contributed by atoms with Gasteiger partial charge in [-0.25, -0.2) is 4.79 Å². The molecule has 0 aliphatic heterocycles. The summed E-state index contributed by atoms with van der Waals surface area (Å²) >= 11 is 5.26. The van der Waals surface area contributed by atoms with E-state index in [1.807, 2.05) is 6.07 Å². The number of carbonyl (C=O) groups excluding carboxylic acids is 1. The number of hydrogen-bond acceptors (Lipinski definition) is 2. The Morgan fingerprint density at radius 2 is 2.38 bits per heavy atom. The average molecular weight is 197 g/mol. The van der Waals surface area contributed by atoms with Crippen LogP contribution in [0.15, 0.2) is 30.8 Å². The van der Waals surface area contributed by atoms with Crippen LogP contribution in [0, 0.1) is 0 Å². The third kappa shape index (κ3) is 2.60. The first-order valence-electron chi connectivity index (χ1n) is 3.73. The third-order valence-electron chi connectivity index (χ3n) is 1.54. The zero-order valence-electron chi connectivity index (χ0n) is 7.00. The van der Waals surface area contributed by atoms with Gasteiger partial charge in [0.25, 0.3) is 0 Å². The average Bonchev–Trinajstić information content (AvgIpc) is 2.18. The van der Waals surface area contributed by atoms with Crippen LogP contribution in [0.3, 0.4) is 0 Å². The van der Waals surface area contributed by atoms with Gasteiger partial charge in [-0.1, -0.05) is 36.4 Å². The molecule has 0 radical (unpaired) electrons. The van der Waals surface area contributed by atoms with Gasteiger partial charge in [0, 0.05) is 0 Å². The Balaban J connectivity index is 2.88. The monoisotopic (exact) mass is 196 g/mol. The fourth-order valence-electron chi connectivity index (χ4n) is 0.925. The Labute approximate surface area is 81.8 Å². The third-order valence-corrected chi connectivity index (χ3v) is 1.65. The summed E-state index contributed by atoms with van der Waals surface area (Å²) in [5.74, 6) is -0.418. The van der Waals surface area contributed by atoms with E-state index in [-0.39, 0.29) is 6.07 Å². The van der Waals surface area contributed by atoms with Crippen molar-refractivity contribution in [3.8, 4) is 0 Å². The van der Waals surface area contributed by atoms with Gasteiger partial charge >= 0.3 is 5.97 Å². The normalized spacial score (nSPS) is 9.31. The molecule has 0 aliphatic rings. The van der Waals surface area contributed by atoms with Gasteiger partial charge in [0.2, 0.25) is 0 Å². The number of ether oxygens (including phenoxy) is 1. The first-order chi connectivity index (χ1) is 6.27. The van der Waals surface area contributed by atoms with Crippen molar-refractivity contribution < 1.29 is 9.53 Å². The van der Waals surface area contributed by atoms with Crippen molar-refractivity contribution in [2.75, 3.05) is 6.07 Å². The highest BCUT2D eigenvalue weighted by molar-refractivity contribution is 6.17. The second kappa shape index (κ2) is 4.67. The number of alkyl halides is 1. The van der Waals surface area contributed by atoms with Crippen LogP contribution in [0.25, 0.3) is 6.08 Å². The van der Waals surface area contributed by atoms with Crippen LogP contribution in [0.1, 0.15) is 15.9 Å².